The van der Waals surface area contributed by atoms with Gasteiger partial charge in [-0.2, -0.15) is 0 Å². The summed E-state index contributed by atoms with van der Waals surface area (Å²) in [6.07, 6.45) is 0. The second-order valence-electron chi connectivity index (χ2n) is 4.53. The van der Waals surface area contributed by atoms with Gasteiger partial charge in [0.25, 0.3) is 0 Å². The van der Waals surface area contributed by atoms with Crippen molar-refractivity contribution in [1.82, 2.24) is 5.32 Å². The average molecular weight is 223 g/mol. The number of nitrogens with one attached hydrogen (secondary N) is 1. The Morgan fingerprint density at radius 3 is 2.56 bits per heavy atom. The van der Waals surface area contributed by atoms with Crippen molar-refractivity contribution >= 4 is 0 Å². The van der Waals surface area contributed by atoms with Crippen LogP contribution in [-0.2, 0) is 11.3 Å². The van der Waals surface area contributed by atoms with Gasteiger partial charge in [0.15, 0.2) is 0 Å². The molecular weight excluding hydrogens is 202 g/mol. The predicted molar refractivity (Wildman–Crippen MR) is 65.3 cm³/mol. The molecule has 0 amide bonds. The van der Waals surface area contributed by atoms with Gasteiger partial charge in [-0.1, -0.05) is 30.3 Å². The van der Waals surface area contributed by atoms with E-state index in [9.17, 15) is 5.11 Å². The maximum atomic E-state index is 9.45. The smallest absolute Gasteiger partial charge is 0.0717 e. The highest BCUT2D eigenvalue weighted by Gasteiger charge is 2.10. The summed E-state index contributed by atoms with van der Waals surface area (Å²) in [6.45, 7) is 6.21. The van der Waals surface area contributed by atoms with Crippen LogP contribution < -0.4 is 5.32 Å². The fourth-order valence-electron chi connectivity index (χ4n) is 1.30. The molecule has 0 heterocycles. The molecule has 0 aromatic heterocycles. The quantitative estimate of drug-likeness (QED) is 0.689. The number of rotatable bonds is 7. The lowest BCUT2D eigenvalue weighted by molar-refractivity contribution is 0.0729. The molecule has 0 aliphatic carbocycles. The average Bonchev–Trinajstić information content (AvgIpc) is 2.23. The minimum atomic E-state index is -0.653. The molecule has 0 saturated heterocycles. The monoisotopic (exact) mass is 223 g/mol. The summed E-state index contributed by atoms with van der Waals surface area (Å²) in [7, 11) is 0. The molecule has 0 unspecified atom stereocenters. The molecule has 0 bridgehead atoms. The molecule has 2 N–H and O–H groups in total. The van der Waals surface area contributed by atoms with Crippen LogP contribution in [0.1, 0.15) is 19.4 Å². The van der Waals surface area contributed by atoms with Crippen molar-refractivity contribution in [1.29, 1.82) is 0 Å². The van der Waals surface area contributed by atoms with Crippen LogP contribution in [0.5, 0.6) is 0 Å². The van der Waals surface area contributed by atoms with E-state index in [0.29, 0.717) is 19.8 Å². The second-order valence-corrected chi connectivity index (χ2v) is 4.53. The lowest BCUT2D eigenvalue weighted by atomic mass is 10.1. The van der Waals surface area contributed by atoms with Crippen molar-refractivity contribution in [3.8, 4) is 0 Å². The van der Waals surface area contributed by atoms with E-state index in [4.69, 9.17) is 4.74 Å². The van der Waals surface area contributed by atoms with Gasteiger partial charge >= 0.3 is 0 Å². The minimum absolute atomic E-state index is 0.585. The van der Waals surface area contributed by atoms with E-state index in [1.165, 1.54) is 5.56 Å². The fraction of sp³-hybridized carbons (Fsp3) is 0.538. The Morgan fingerprint density at radius 1 is 1.25 bits per heavy atom. The molecule has 0 aliphatic heterocycles. The van der Waals surface area contributed by atoms with E-state index >= 15 is 0 Å². The van der Waals surface area contributed by atoms with E-state index in [2.05, 4.69) is 5.32 Å². The van der Waals surface area contributed by atoms with Crippen LogP contribution in [0.15, 0.2) is 30.3 Å². The predicted octanol–water partition coefficient (Wildman–Crippen LogP) is 1.56. The van der Waals surface area contributed by atoms with Crippen LogP contribution >= 0.6 is 0 Å². The van der Waals surface area contributed by atoms with Gasteiger partial charge in [0.2, 0.25) is 0 Å². The van der Waals surface area contributed by atoms with E-state index in [0.717, 1.165) is 6.54 Å². The van der Waals surface area contributed by atoms with Gasteiger partial charge in [-0.05, 0) is 19.4 Å². The molecule has 1 aromatic rings. The molecule has 0 atom stereocenters. The number of aliphatic hydroxyl groups is 1. The number of ether oxygens (including phenoxy) is 1. The zero-order valence-corrected chi connectivity index (χ0v) is 10.1. The van der Waals surface area contributed by atoms with Gasteiger partial charge in [-0.25, -0.2) is 0 Å². The Labute approximate surface area is 97.4 Å². The van der Waals surface area contributed by atoms with E-state index < -0.39 is 5.60 Å². The molecule has 0 aliphatic rings. The van der Waals surface area contributed by atoms with Gasteiger partial charge in [0.05, 0.1) is 18.8 Å². The lowest BCUT2D eigenvalue weighted by Crippen LogP contribution is -2.36. The topological polar surface area (TPSA) is 41.5 Å². The molecule has 0 radical (unpaired) electrons. The summed E-state index contributed by atoms with van der Waals surface area (Å²) in [5.74, 6) is 0. The molecule has 1 aromatic carbocycles. The Kier molecular flexibility index (Phi) is 5.46. The second kappa shape index (κ2) is 6.63. The first-order valence-corrected chi connectivity index (χ1v) is 5.63. The highest BCUT2D eigenvalue weighted by molar-refractivity contribution is 5.13. The molecule has 0 spiro atoms. The Balaban J connectivity index is 2.01. The van der Waals surface area contributed by atoms with Crippen LogP contribution in [0.3, 0.4) is 0 Å². The maximum Gasteiger partial charge on any atom is 0.0717 e. The summed E-state index contributed by atoms with van der Waals surface area (Å²) < 4.78 is 5.49. The van der Waals surface area contributed by atoms with Crippen molar-refractivity contribution in [3.05, 3.63) is 35.9 Å². The SMILES string of the molecule is CC(C)(O)CNCCOCc1ccccc1. The molecule has 3 nitrogen and oxygen atoms in total. The number of hydrogen-bond acceptors (Lipinski definition) is 3. The van der Waals surface area contributed by atoms with Gasteiger partial charge in [0, 0.05) is 13.1 Å². The van der Waals surface area contributed by atoms with Crippen molar-refractivity contribution < 1.29 is 9.84 Å². The third-order valence-electron chi connectivity index (χ3n) is 2.09. The third-order valence-corrected chi connectivity index (χ3v) is 2.09. The van der Waals surface area contributed by atoms with Gasteiger partial charge < -0.3 is 15.2 Å². The molecule has 0 fully saturated rings. The van der Waals surface area contributed by atoms with Crippen LogP contribution in [0, 0.1) is 0 Å². The van der Waals surface area contributed by atoms with Crippen molar-refractivity contribution in [2.24, 2.45) is 0 Å². The van der Waals surface area contributed by atoms with E-state index in [-0.39, 0.29) is 0 Å². The minimum Gasteiger partial charge on any atom is -0.389 e. The highest BCUT2D eigenvalue weighted by atomic mass is 16.5. The first-order chi connectivity index (χ1) is 7.58. The van der Waals surface area contributed by atoms with Crippen LogP contribution in [0.25, 0.3) is 0 Å². The Hall–Kier alpha value is -0.900. The Bertz CT molecular complexity index is 280. The van der Waals surface area contributed by atoms with Crippen molar-refractivity contribution in [2.75, 3.05) is 19.7 Å². The molecule has 1 rings (SSSR count). The van der Waals surface area contributed by atoms with Gasteiger partial charge in [-0.15, -0.1) is 0 Å². The van der Waals surface area contributed by atoms with Crippen LogP contribution in [-0.4, -0.2) is 30.4 Å². The van der Waals surface area contributed by atoms with Crippen molar-refractivity contribution in [2.45, 2.75) is 26.1 Å². The molecule has 90 valence electrons. The highest BCUT2D eigenvalue weighted by Crippen LogP contribution is 2.00. The van der Waals surface area contributed by atoms with E-state index in [1.807, 2.05) is 30.3 Å². The summed E-state index contributed by atoms with van der Waals surface area (Å²) in [4.78, 5) is 0. The third kappa shape index (κ3) is 6.56. The van der Waals surface area contributed by atoms with Gasteiger partial charge in [0.1, 0.15) is 0 Å². The summed E-state index contributed by atoms with van der Waals surface area (Å²) in [6, 6.07) is 10.1. The zero-order chi connectivity index (χ0) is 11.9. The number of hydrogen-bond donors (Lipinski definition) is 2. The molecule has 16 heavy (non-hydrogen) atoms. The largest absolute Gasteiger partial charge is 0.389 e. The molecular formula is C13H21NO2. The van der Waals surface area contributed by atoms with Crippen molar-refractivity contribution in [3.63, 3.8) is 0 Å². The number of benzene rings is 1. The van der Waals surface area contributed by atoms with E-state index in [1.54, 1.807) is 13.8 Å². The normalized spacial score (nSPS) is 11.7. The first-order valence-electron chi connectivity index (χ1n) is 5.63. The fourth-order valence-corrected chi connectivity index (χ4v) is 1.30. The summed E-state index contributed by atoms with van der Waals surface area (Å²) in [5.41, 5.74) is 0.532. The van der Waals surface area contributed by atoms with Crippen LogP contribution in [0.2, 0.25) is 0 Å². The standard InChI is InChI=1S/C13H21NO2/c1-13(2,15)11-14-8-9-16-10-12-6-4-3-5-7-12/h3-7,14-15H,8-11H2,1-2H3. The van der Waals surface area contributed by atoms with Gasteiger partial charge in [-0.3, -0.25) is 0 Å². The first kappa shape index (κ1) is 13.2. The molecule has 3 heteroatoms. The molecule has 0 saturated carbocycles. The summed E-state index contributed by atoms with van der Waals surface area (Å²) >= 11 is 0. The lowest BCUT2D eigenvalue weighted by Gasteiger charge is -2.17. The maximum absolute atomic E-state index is 9.45. The van der Waals surface area contributed by atoms with Crippen LogP contribution in [0.4, 0.5) is 0 Å². The Morgan fingerprint density at radius 2 is 1.94 bits per heavy atom. The summed E-state index contributed by atoms with van der Waals surface area (Å²) in [5, 5.41) is 12.6. The zero-order valence-electron chi connectivity index (χ0n) is 10.1.